The highest BCUT2D eigenvalue weighted by Gasteiger charge is 2.28. The Morgan fingerprint density at radius 2 is 2.23 bits per heavy atom. The van der Waals surface area contributed by atoms with E-state index in [-0.39, 0.29) is 19.0 Å². The first-order chi connectivity index (χ1) is 10.5. The van der Waals surface area contributed by atoms with Gasteiger partial charge in [-0.15, -0.1) is 0 Å². The summed E-state index contributed by atoms with van der Waals surface area (Å²) in [7, 11) is 1.55. The zero-order valence-electron chi connectivity index (χ0n) is 12.2. The number of carbonyl (C=O) groups excluding carboxylic acids is 1. The minimum Gasteiger partial charge on any atom is -0.481 e. The SMILES string of the molecule is CN(CCC(=O)O)C(=O)Nc1ccc2oc(C3CC3)nc2c1. The number of aromatic nitrogens is 1. The van der Waals surface area contributed by atoms with E-state index < -0.39 is 5.97 Å². The van der Waals surface area contributed by atoms with Gasteiger partial charge in [0.15, 0.2) is 11.5 Å². The highest BCUT2D eigenvalue weighted by molar-refractivity contribution is 5.91. The molecule has 22 heavy (non-hydrogen) atoms. The lowest BCUT2D eigenvalue weighted by molar-refractivity contribution is -0.137. The molecule has 1 aliphatic rings. The Kier molecular flexibility index (Phi) is 3.70. The maximum absolute atomic E-state index is 12.0. The van der Waals surface area contributed by atoms with E-state index >= 15 is 0 Å². The third-order valence-electron chi connectivity index (χ3n) is 3.59. The molecule has 2 aromatic rings. The number of oxazole rings is 1. The van der Waals surface area contributed by atoms with Crippen molar-refractivity contribution in [3.05, 3.63) is 24.1 Å². The first kappa shape index (κ1) is 14.4. The minimum absolute atomic E-state index is 0.0863. The summed E-state index contributed by atoms with van der Waals surface area (Å²) in [6.07, 6.45) is 2.15. The van der Waals surface area contributed by atoms with Gasteiger partial charge in [0.25, 0.3) is 0 Å². The second-order valence-corrected chi connectivity index (χ2v) is 5.50. The van der Waals surface area contributed by atoms with Crippen molar-refractivity contribution < 1.29 is 19.1 Å². The fourth-order valence-corrected chi connectivity index (χ4v) is 2.11. The Hall–Kier alpha value is -2.57. The van der Waals surface area contributed by atoms with Crippen LogP contribution in [0.3, 0.4) is 0 Å². The van der Waals surface area contributed by atoms with Crippen molar-refractivity contribution >= 4 is 28.8 Å². The van der Waals surface area contributed by atoms with Crippen LogP contribution < -0.4 is 5.32 Å². The van der Waals surface area contributed by atoms with Crippen molar-refractivity contribution in [3.8, 4) is 0 Å². The highest BCUT2D eigenvalue weighted by Crippen LogP contribution is 2.40. The van der Waals surface area contributed by atoms with E-state index in [0.717, 1.165) is 18.7 Å². The fraction of sp³-hybridized carbons (Fsp3) is 0.400. The van der Waals surface area contributed by atoms with E-state index in [1.165, 1.54) is 4.90 Å². The number of fused-ring (bicyclic) bond motifs is 1. The number of nitrogens with zero attached hydrogens (tertiary/aromatic N) is 2. The molecule has 1 fully saturated rings. The molecule has 0 spiro atoms. The lowest BCUT2D eigenvalue weighted by Gasteiger charge is -2.16. The lowest BCUT2D eigenvalue weighted by atomic mass is 10.3. The molecule has 1 aliphatic carbocycles. The molecule has 7 nitrogen and oxygen atoms in total. The van der Waals surface area contributed by atoms with Crippen LogP contribution in [0.1, 0.15) is 31.1 Å². The molecule has 0 aliphatic heterocycles. The van der Waals surface area contributed by atoms with Crippen molar-refractivity contribution in [2.24, 2.45) is 0 Å². The number of carboxylic acids is 1. The predicted octanol–water partition coefficient (Wildman–Crippen LogP) is 2.64. The molecular weight excluding hydrogens is 286 g/mol. The number of aliphatic carboxylic acids is 1. The van der Waals surface area contributed by atoms with Crippen molar-refractivity contribution in [2.45, 2.75) is 25.2 Å². The Morgan fingerprint density at radius 3 is 2.91 bits per heavy atom. The van der Waals surface area contributed by atoms with Crippen molar-refractivity contribution in [2.75, 3.05) is 18.9 Å². The number of hydrogen-bond donors (Lipinski definition) is 2. The van der Waals surface area contributed by atoms with E-state index in [4.69, 9.17) is 9.52 Å². The smallest absolute Gasteiger partial charge is 0.321 e. The molecule has 7 heteroatoms. The van der Waals surface area contributed by atoms with Gasteiger partial charge in [-0.2, -0.15) is 0 Å². The zero-order valence-corrected chi connectivity index (χ0v) is 12.2. The number of hydrogen-bond acceptors (Lipinski definition) is 4. The Labute approximate surface area is 126 Å². The van der Waals surface area contributed by atoms with Crippen LogP contribution >= 0.6 is 0 Å². The number of nitrogens with one attached hydrogen (secondary N) is 1. The first-order valence-electron chi connectivity index (χ1n) is 7.17. The van der Waals surface area contributed by atoms with Gasteiger partial charge in [0.1, 0.15) is 5.52 Å². The van der Waals surface area contributed by atoms with Gasteiger partial charge in [0.2, 0.25) is 0 Å². The molecule has 0 saturated heterocycles. The molecule has 0 atom stereocenters. The summed E-state index contributed by atoms with van der Waals surface area (Å²) in [5.41, 5.74) is 2.03. The third-order valence-corrected chi connectivity index (χ3v) is 3.59. The molecule has 1 aromatic heterocycles. The van der Waals surface area contributed by atoms with Gasteiger partial charge in [0.05, 0.1) is 6.42 Å². The number of carboxylic acid groups (broad SMARTS) is 1. The van der Waals surface area contributed by atoms with E-state index in [1.807, 2.05) is 0 Å². The molecule has 1 heterocycles. The first-order valence-corrected chi connectivity index (χ1v) is 7.17. The number of urea groups is 1. The average Bonchev–Trinajstić information content (AvgIpc) is 3.24. The number of benzene rings is 1. The van der Waals surface area contributed by atoms with Crippen LogP contribution in [0.5, 0.6) is 0 Å². The molecule has 3 rings (SSSR count). The molecule has 0 radical (unpaired) electrons. The van der Waals surface area contributed by atoms with E-state index in [9.17, 15) is 9.59 Å². The maximum Gasteiger partial charge on any atom is 0.321 e. The fourth-order valence-electron chi connectivity index (χ4n) is 2.11. The van der Waals surface area contributed by atoms with Gasteiger partial charge in [-0.1, -0.05) is 0 Å². The summed E-state index contributed by atoms with van der Waals surface area (Å²) in [5, 5.41) is 11.4. The molecule has 116 valence electrons. The molecule has 2 N–H and O–H groups in total. The number of carbonyl (C=O) groups is 2. The zero-order chi connectivity index (χ0) is 15.7. The minimum atomic E-state index is -0.934. The summed E-state index contributed by atoms with van der Waals surface area (Å²) >= 11 is 0. The predicted molar refractivity (Wildman–Crippen MR) is 79.9 cm³/mol. The van der Waals surface area contributed by atoms with Gasteiger partial charge < -0.3 is 19.7 Å². The number of rotatable bonds is 5. The summed E-state index contributed by atoms with van der Waals surface area (Å²) in [4.78, 5) is 28.2. The molecule has 0 bridgehead atoms. The van der Waals surface area contributed by atoms with Crippen LogP contribution in [0.15, 0.2) is 22.6 Å². The van der Waals surface area contributed by atoms with Crippen molar-refractivity contribution in [1.29, 1.82) is 0 Å². The standard InChI is InChI=1S/C15H17N3O4/c1-18(7-6-13(19)20)15(21)16-10-4-5-12-11(8-10)17-14(22-12)9-2-3-9/h4-5,8-9H,2-3,6-7H2,1H3,(H,16,21)(H,19,20). The van der Waals surface area contributed by atoms with E-state index in [1.54, 1.807) is 25.2 Å². The summed E-state index contributed by atoms with van der Waals surface area (Å²) in [6.45, 7) is 0.152. The molecule has 2 amide bonds. The van der Waals surface area contributed by atoms with Gasteiger partial charge in [-0.25, -0.2) is 9.78 Å². The summed E-state index contributed by atoms with van der Waals surface area (Å²) in [5.74, 6) is 0.265. The number of amides is 2. The number of anilines is 1. The maximum atomic E-state index is 12.0. The Balaban J connectivity index is 1.67. The topological polar surface area (TPSA) is 95.7 Å². The van der Waals surface area contributed by atoms with Crippen LogP contribution in [0.25, 0.3) is 11.1 Å². The largest absolute Gasteiger partial charge is 0.481 e. The lowest BCUT2D eigenvalue weighted by Crippen LogP contribution is -2.33. The molecular formula is C15H17N3O4. The second-order valence-electron chi connectivity index (χ2n) is 5.50. The van der Waals surface area contributed by atoms with Gasteiger partial charge >= 0.3 is 12.0 Å². The quantitative estimate of drug-likeness (QED) is 0.885. The van der Waals surface area contributed by atoms with E-state index in [2.05, 4.69) is 10.3 Å². The molecule has 1 saturated carbocycles. The van der Waals surface area contributed by atoms with Crippen molar-refractivity contribution in [1.82, 2.24) is 9.88 Å². The van der Waals surface area contributed by atoms with Crippen LogP contribution in [-0.2, 0) is 4.79 Å². The van der Waals surface area contributed by atoms with E-state index in [0.29, 0.717) is 22.7 Å². The van der Waals surface area contributed by atoms with Crippen LogP contribution in [0.4, 0.5) is 10.5 Å². The van der Waals surface area contributed by atoms with Crippen LogP contribution in [-0.4, -0.2) is 40.6 Å². The molecule has 1 aromatic carbocycles. The Morgan fingerprint density at radius 1 is 1.45 bits per heavy atom. The monoisotopic (exact) mass is 303 g/mol. The summed E-state index contributed by atoms with van der Waals surface area (Å²) < 4.78 is 5.66. The van der Waals surface area contributed by atoms with Crippen LogP contribution in [0.2, 0.25) is 0 Å². The van der Waals surface area contributed by atoms with Gasteiger partial charge in [-0.3, -0.25) is 4.79 Å². The highest BCUT2D eigenvalue weighted by atomic mass is 16.4. The molecule has 0 unspecified atom stereocenters. The normalized spacial score (nSPS) is 14.0. The van der Waals surface area contributed by atoms with Crippen molar-refractivity contribution in [3.63, 3.8) is 0 Å². The average molecular weight is 303 g/mol. The third kappa shape index (κ3) is 3.19. The summed E-state index contributed by atoms with van der Waals surface area (Å²) in [6, 6.07) is 4.92. The van der Waals surface area contributed by atoms with Crippen LogP contribution in [0, 0.1) is 0 Å². The van der Waals surface area contributed by atoms with Gasteiger partial charge in [0, 0.05) is 25.2 Å². The second kappa shape index (κ2) is 5.67. The van der Waals surface area contributed by atoms with Gasteiger partial charge in [-0.05, 0) is 31.0 Å². The Bertz CT molecular complexity index is 721.